The minimum Gasteiger partial charge on any atom is -0.357 e. The predicted molar refractivity (Wildman–Crippen MR) is 88.9 cm³/mol. The second kappa shape index (κ2) is 5.89. The van der Waals surface area contributed by atoms with Crippen LogP contribution in [0.2, 0.25) is 0 Å². The number of aromatic nitrogens is 2. The first-order valence-corrected chi connectivity index (χ1v) is 7.18. The Kier molecular flexibility index (Phi) is 3.78. The molecule has 112 valence electrons. The van der Waals surface area contributed by atoms with Gasteiger partial charge in [-0.05, 0) is 29.8 Å². The maximum Gasteiger partial charge on any atom is 0.246 e. The molecule has 5 heteroatoms. The lowest BCUT2D eigenvalue weighted by Crippen LogP contribution is -2.32. The maximum atomic E-state index is 12.3. The average molecular weight is 294 g/mol. The Morgan fingerprint density at radius 1 is 1.14 bits per heavy atom. The first-order chi connectivity index (χ1) is 10.6. The molecule has 0 aliphatic rings. The molecule has 1 aromatic heterocycles. The van der Waals surface area contributed by atoms with Crippen molar-refractivity contribution < 1.29 is 4.79 Å². The van der Waals surface area contributed by atoms with E-state index in [1.807, 2.05) is 68.7 Å². The van der Waals surface area contributed by atoms with E-state index in [2.05, 4.69) is 15.7 Å². The van der Waals surface area contributed by atoms with Crippen LogP contribution in [0.4, 0.5) is 11.5 Å². The molecule has 1 heterocycles. The lowest BCUT2D eigenvalue weighted by Gasteiger charge is -2.14. The number of rotatable bonds is 4. The highest BCUT2D eigenvalue weighted by Gasteiger charge is 2.13. The van der Waals surface area contributed by atoms with Crippen molar-refractivity contribution in [3.05, 3.63) is 54.7 Å². The number of carbonyl (C=O) groups is 1. The number of hydrogen-bond donors (Lipinski definition) is 2. The minimum absolute atomic E-state index is 0.0964. The van der Waals surface area contributed by atoms with Crippen LogP contribution in [0.1, 0.15) is 6.92 Å². The van der Waals surface area contributed by atoms with E-state index in [0.717, 1.165) is 16.5 Å². The van der Waals surface area contributed by atoms with E-state index < -0.39 is 0 Å². The summed E-state index contributed by atoms with van der Waals surface area (Å²) >= 11 is 0. The Morgan fingerprint density at radius 2 is 1.91 bits per heavy atom. The van der Waals surface area contributed by atoms with Crippen LogP contribution in [0.15, 0.2) is 54.7 Å². The van der Waals surface area contributed by atoms with Crippen molar-refractivity contribution in [3.8, 4) is 0 Å². The normalized spacial score (nSPS) is 12.1. The number of anilines is 2. The lowest BCUT2D eigenvalue weighted by atomic mass is 10.1. The molecule has 0 saturated carbocycles. The lowest BCUT2D eigenvalue weighted by molar-refractivity contribution is -0.116. The fraction of sp³-hybridized carbons (Fsp3) is 0.176. The molecule has 2 aromatic carbocycles. The second-order valence-electron chi connectivity index (χ2n) is 5.29. The van der Waals surface area contributed by atoms with Gasteiger partial charge in [0.2, 0.25) is 5.91 Å². The van der Waals surface area contributed by atoms with Crippen LogP contribution < -0.4 is 10.6 Å². The molecule has 1 unspecified atom stereocenters. The smallest absolute Gasteiger partial charge is 0.246 e. The van der Waals surface area contributed by atoms with E-state index in [-0.39, 0.29) is 11.9 Å². The summed E-state index contributed by atoms with van der Waals surface area (Å²) in [6.45, 7) is 1.81. The van der Waals surface area contributed by atoms with Crippen LogP contribution in [0.5, 0.6) is 0 Å². The van der Waals surface area contributed by atoms with Gasteiger partial charge in [0, 0.05) is 25.0 Å². The van der Waals surface area contributed by atoms with E-state index in [1.54, 1.807) is 4.68 Å². The van der Waals surface area contributed by atoms with Gasteiger partial charge in [-0.25, -0.2) is 0 Å². The van der Waals surface area contributed by atoms with Gasteiger partial charge in [0.25, 0.3) is 0 Å². The number of aryl methyl sites for hydroxylation is 1. The van der Waals surface area contributed by atoms with Crippen LogP contribution >= 0.6 is 0 Å². The number of hydrogen-bond acceptors (Lipinski definition) is 3. The largest absolute Gasteiger partial charge is 0.357 e. The molecule has 3 aromatic rings. The third kappa shape index (κ3) is 3.09. The molecular weight excluding hydrogens is 276 g/mol. The molecule has 0 saturated heterocycles. The van der Waals surface area contributed by atoms with Crippen molar-refractivity contribution in [1.29, 1.82) is 0 Å². The van der Waals surface area contributed by atoms with Crippen molar-refractivity contribution in [1.82, 2.24) is 9.78 Å². The van der Waals surface area contributed by atoms with Crippen LogP contribution in [0.25, 0.3) is 10.8 Å². The molecular formula is C17H18N4O. The highest BCUT2D eigenvalue weighted by Crippen LogP contribution is 2.19. The summed E-state index contributed by atoms with van der Waals surface area (Å²) in [7, 11) is 1.84. The zero-order valence-corrected chi connectivity index (χ0v) is 12.6. The SMILES string of the molecule is CC(Nc1ccn(C)n1)C(=O)Nc1ccc2ccccc2c1. The Labute approximate surface area is 128 Å². The zero-order valence-electron chi connectivity index (χ0n) is 12.6. The van der Waals surface area contributed by atoms with Gasteiger partial charge in [0.1, 0.15) is 11.9 Å². The van der Waals surface area contributed by atoms with E-state index in [1.165, 1.54) is 0 Å². The van der Waals surface area contributed by atoms with Gasteiger partial charge in [-0.3, -0.25) is 9.48 Å². The van der Waals surface area contributed by atoms with Gasteiger partial charge in [0.15, 0.2) is 0 Å². The molecule has 22 heavy (non-hydrogen) atoms. The van der Waals surface area contributed by atoms with Crippen LogP contribution in [0, 0.1) is 0 Å². The molecule has 0 aliphatic heterocycles. The second-order valence-corrected chi connectivity index (χ2v) is 5.29. The van der Waals surface area contributed by atoms with Gasteiger partial charge in [-0.2, -0.15) is 5.10 Å². The summed E-state index contributed by atoms with van der Waals surface area (Å²) in [5.41, 5.74) is 0.790. The molecule has 0 spiro atoms. The zero-order chi connectivity index (χ0) is 15.5. The van der Waals surface area contributed by atoms with Crippen LogP contribution in [-0.4, -0.2) is 21.7 Å². The van der Waals surface area contributed by atoms with Gasteiger partial charge < -0.3 is 10.6 Å². The Morgan fingerprint density at radius 3 is 2.64 bits per heavy atom. The maximum absolute atomic E-state index is 12.3. The summed E-state index contributed by atoms with van der Waals surface area (Å²) in [6, 6.07) is 15.4. The number of benzene rings is 2. The summed E-state index contributed by atoms with van der Waals surface area (Å²) in [5, 5.41) is 12.5. The number of nitrogens with one attached hydrogen (secondary N) is 2. The van der Waals surface area contributed by atoms with E-state index >= 15 is 0 Å². The van der Waals surface area contributed by atoms with Gasteiger partial charge >= 0.3 is 0 Å². The van der Waals surface area contributed by atoms with Crippen molar-refractivity contribution >= 4 is 28.2 Å². The molecule has 0 aliphatic carbocycles. The van der Waals surface area contributed by atoms with Crippen LogP contribution in [-0.2, 0) is 11.8 Å². The summed E-state index contributed by atoms with van der Waals surface area (Å²) in [5.74, 6) is 0.588. The number of nitrogens with zero attached hydrogens (tertiary/aromatic N) is 2. The molecule has 5 nitrogen and oxygen atoms in total. The van der Waals surface area contributed by atoms with Crippen molar-refractivity contribution in [2.45, 2.75) is 13.0 Å². The molecule has 1 amide bonds. The van der Waals surface area contributed by atoms with Gasteiger partial charge in [-0.1, -0.05) is 30.3 Å². The fourth-order valence-corrected chi connectivity index (χ4v) is 2.30. The Bertz CT molecular complexity index is 809. The fourth-order valence-electron chi connectivity index (χ4n) is 2.30. The molecule has 2 N–H and O–H groups in total. The highest BCUT2D eigenvalue weighted by atomic mass is 16.2. The standard InChI is InChI=1S/C17H18N4O/c1-12(18-16-9-10-21(2)20-16)17(22)19-15-8-7-13-5-3-4-6-14(13)11-15/h3-12H,1-2H3,(H,18,20)(H,19,22). The number of fused-ring (bicyclic) bond motifs is 1. The van der Waals surface area contributed by atoms with Gasteiger partial charge in [0.05, 0.1) is 0 Å². The van der Waals surface area contributed by atoms with E-state index in [9.17, 15) is 4.79 Å². The minimum atomic E-state index is -0.374. The molecule has 3 rings (SSSR count). The topological polar surface area (TPSA) is 59.0 Å². The Balaban J connectivity index is 1.69. The number of carbonyl (C=O) groups excluding carboxylic acids is 1. The third-order valence-corrected chi connectivity index (χ3v) is 3.49. The third-order valence-electron chi connectivity index (χ3n) is 3.49. The molecule has 0 fully saturated rings. The number of amides is 1. The summed E-state index contributed by atoms with van der Waals surface area (Å²) in [4.78, 5) is 12.3. The summed E-state index contributed by atoms with van der Waals surface area (Å²) in [6.07, 6.45) is 1.83. The Hall–Kier alpha value is -2.82. The molecule has 1 atom stereocenters. The van der Waals surface area contributed by atoms with Gasteiger partial charge in [-0.15, -0.1) is 0 Å². The monoisotopic (exact) mass is 294 g/mol. The van der Waals surface area contributed by atoms with Crippen LogP contribution in [0.3, 0.4) is 0 Å². The quantitative estimate of drug-likeness (QED) is 0.777. The average Bonchev–Trinajstić information content (AvgIpc) is 2.92. The molecule has 0 radical (unpaired) electrons. The van der Waals surface area contributed by atoms with E-state index in [4.69, 9.17) is 0 Å². The molecule has 0 bridgehead atoms. The summed E-state index contributed by atoms with van der Waals surface area (Å²) < 4.78 is 1.69. The van der Waals surface area contributed by atoms with Crippen molar-refractivity contribution in [2.75, 3.05) is 10.6 Å². The first kappa shape index (κ1) is 14.1. The van der Waals surface area contributed by atoms with Crippen molar-refractivity contribution in [2.24, 2.45) is 7.05 Å². The first-order valence-electron chi connectivity index (χ1n) is 7.18. The highest BCUT2D eigenvalue weighted by molar-refractivity contribution is 5.98. The van der Waals surface area contributed by atoms with Crippen molar-refractivity contribution in [3.63, 3.8) is 0 Å². The van der Waals surface area contributed by atoms with E-state index in [0.29, 0.717) is 5.82 Å². The predicted octanol–water partition coefficient (Wildman–Crippen LogP) is 3.01.